The molecule has 17 heavy (non-hydrogen) atoms. The first kappa shape index (κ1) is 11.9. The van der Waals surface area contributed by atoms with Gasteiger partial charge in [-0.2, -0.15) is 0 Å². The molecule has 1 aliphatic rings. The zero-order valence-electron chi connectivity index (χ0n) is 10.9. The van der Waals surface area contributed by atoms with E-state index in [4.69, 9.17) is 0 Å². The van der Waals surface area contributed by atoms with Gasteiger partial charge < -0.3 is 4.90 Å². The first-order valence-corrected chi connectivity index (χ1v) is 6.10. The molecule has 0 fully saturated rings. The summed E-state index contributed by atoms with van der Waals surface area (Å²) in [4.78, 5) is 13.8. The van der Waals surface area contributed by atoms with Gasteiger partial charge >= 0.3 is 0 Å². The Kier molecular flexibility index (Phi) is 3.05. The summed E-state index contributed by atoms with van der Waals surface area (Å²) >= 11 is 0. The van der Waals surface area contributed by atoms with E-state index in [9.17, 15) is 4.79 Å². The number of amides is 1. The first-order valence-electron chi connectivity index (χ1n) is 6.10. The van der Waals surface area contributed by atoms with Crippen LogP contribution in [0.4, 0.5) is 5.69 Å². The van der Waals surface area contributed by atoms with Gasteiger partial charge in [0, 0.05) is 18.5 Å². The summed E-state index contributed by atoms with van der Waals surface area (Å²) in [5.74, 6) is 0.478. The molecule has 1 heterocycles. The van der Waals surface area contributed by atoms with E-state index in [1.165, 1.54) is 11.1 Å². The Morgan fingerprint density at radius 3 is 2.53 bits per heavy atom. The molecule has 2 rings (SSSR count). The second-order valence-corrected chi connectivity index (χ2v) is 4.86. The maximum atomic E-state index is 11.9. The lowest BCUT2D eigenvalue weighted by Crippen LogP contribution is -2.40. The molecule has 2 atom stereocenters. The number of hydrogen-bond acceptors (Lipinski definition) is 1. The van der Waals surface area contributed by atoms with Crippen molar-refractivity contribution in [2.24, 2.45) is 5.92 Å². The van der Waals surface area contributed by atoms with Gasteiger partial charge in [0.15, 0.2) is 0 Å². The van der Waals surface area contributed by atoms with Crippen molar-refractivity contribution in [1.82, 2.24) is 0 Å². The lowest BCUT2D eigenvalue weighted by molar-refractivity contribution is -0.117. The van der Waals surface area contributed by atoms with Crippen LogP contribution < -0.4 is 4.90 Å². The second kappa shape index (κ2) is 4.36. The summed E-state index contributed by atoms with van der Waals surface area (Å²) in [5, 5.41) is 0. The SMILES string of the molecule is CC(=O)N1c2ccccc2C(C)=C[C@H](C)[C@H]1C. The Balaban J connectivity index is 2.63. The Morgan fingerprint density at radius 1 is 1.24 bits per heavy atom. The maximum absolute atomic E-state index is 11.9. The maximum Gasteiger partial charge on any atom is 0.224 e. The van der Waals surface area contributed by atoms with E-state index in [1.54, 1.807) is 6.92 Å². The van der Waals surface area contributed by atoms with Crippen LogP contribution in [-0.2, 0) is 4.79 Å². The average Bonchev–Trinajstić information content (AvgIpc) is 2.37. The Morgan fingerprint density at radius 2 is 1.88 bits per heavy atom. The van der Waals surface area contributed by atoms with Crippen molar-refractivity contribution in [3.8, 4) is 0 Å². The molecular formula is C15H19NO. The van der Waals surface area contributed by atoms with E-state index in [0.29, 0.717) is 5.92 Å². The molecule has 1 aliphatic heterocycles. The predicted molar refractivity (Wildman–Crippen MR) is 71.9 cm³/mol. The van der Waals surface area contributed by atoms with Gasteiger partial charge in [0.2, 0.25) is 5.91 Å². The van der Waals surface area contributed by atoms with Crippen LogP contribution >= 0.6 is 0 Å². The van der Waals surface area contributed by atoms with Gasteiger partial charge in [-0.25, -0.2) is 0 Å². The normalized spacial score (nSPS) is 23.8. The molecular weight excluding hydrogens is 210 g/mol. The van der Waals surface area contributed by atoms with E-state index in [-0.39, 0.29) is 11.9 Å². The highest BCUT2D eigenvalue weighted by atomic mass is 16.2. The summed E-state index contributed by atoms with van der Waals surface area (Å²) in [7, 11) is 0. The number of anilines is 1. The number of nitrogens with zero attached hydrogens (tertiary/aromatic N) is 1. The smallest absolute Gasteiger partial charge is 0.224 e. The van der Waals surface area contributed by atoms with E-state index in [1.807, 2.05) is 23.1 Å². The van der Waals surface area contributed by atoms with Crippen LogP contribution in [0.25, 0.3) is 5.57 Å². The van der Waals surface area contributed by atoms with Crippen LogP contribution in [0.3, 0.4) is 0 Å². The average molecular weight is 229 g/mol. The van der Waals surface area contributed by atoms with Crippen molar-refractivity contribution in [2.75, 3.05) is 4.90 Å². The number of allylic oxidation sites excluding steroid dienone is 1. The minimum atomic E-state index is 0.111. The monoisotopic (exact) mass is 229 g/mol. The van der Waals surface area contributed by atoms with Crippen LogP contribution in [0.5, 0.6) is 0 Å². The van der Waals surface area contributed by atoms with Crippen molar-refractivity contribution in [3.63, 3.8) is 0 Å². The van der Waals surface area contributed by atoms with Crippen LogP contribution in [0.2, 0.25) is 0 Å². The van der Waals surface area contributed by atoms with Crippen molar-refractivity contribution >= 4 is 17.2 Å². The Hall–Kier alpha value is -1.57. The van der Waals surface area contributed by atoms with Crippen molar-refractivity contribution in [2.45, 2.75) is 33.7 Å². The molecule has 0 aromatic heterocycles. The molecule has 0 N–H and O–H groups in total. The van der Waals surface area contributed by atoms with Crippen LogP contribution in [0.1, 0.15) is 33.3 Å². The fourth-order valence-corrected chi connectivity index (χ4v) is 2.55. The fraction of sp³-hybridized carbons (Fsp3) is 0.400. The topological polar surface area (TPSA) is 20.3 Å². The van der Waals surface area contributed by atoms with E-state index < -0.39 is 0 Å². The highest BCUT2D eigenvalue weighted by Gasteiger charge is 2.27. The third kappa shape index (κ3) is 1.99. The van der Waals surface area contributed by atoms with Gasteiger partial charge in [0.1, 0.15) is 0 Å². The number of carbonyl (C=O) groups excluding carboxylic acids is 1. The molecule has 90 valence electrons. The summed E-state index contributed by atoms with van der Waals surface area (Å²) < 4.78 is 0. The minimum Gasteiger partial charge on any atom is -0.309 e. The third-order valence-electron chi connectivity index (χ3n) is 3.61. The summed E-state index contributed by atoms with van der Waals surface area (Å²) in [5.41, 5.74) is 3.45. The van der Waals surface area contributed by atoms with E-state index >= 15 is 0 Å². The number of fused-ring (bicyclic) bond motifs is 1. The zero-order valence-corrected chi connectivity index (χ0v) is 10.9. The number of hydrogen-bond donors (Lipinski definition) is 0. The standard InChI is InChI=1S/C15H19NO/c1-10-9-11(2)14-7-5-6-8-15(14)16(12(10)3)13(4)17/h5-10,12H,1-4H3/t10-,12+/m0/s1. The molecule has 1 amide bonds. The summed E-state index contributed by atoms with van der Waals surface area (Å²) in [6.45, 7) is 8.03. The Labute approximate surface area is 103 Å². The van der Waals surface area contributed by atoms with Crippen LogP contribution in [0, 0.1) is 5.92 Å². The molecule has 0 aliphatic carbocycles. The molecule has 0 bridgehead atoms. The number of carbonyl (C=O) groups is 1. The van der Waals surface area contributed by atoms with Gasteiger partial charge in [-0.05, 0) is 31.4 Å². The molecule has 0 spiro atoms. The summed E-state index contributed by atoms with van der Waals surface area (Å²) in [6.07, 6.45) is 2.26. The third-order valence-corrected chi connectivity index (χ3v) is 3.61. The molecule has 0 unspecified atom stereocenters. The molecule has 2 nitrogen and oxygen atoms in total. The lowest BCUT2D eigenvalue weighted by Gasteiger charge is -2.30. The highest BCUT2D eigenvalue weighted by Crippen LogP contribution is 2.34. The van der Waals surface area contributed by atoms with Crippen LogP contribution in [-0.4, -0.2) is 11.9 Å². The van der Waals surface area contributed by atoms with Gasteiger partial charge in [-0.15, -0.1) is 0 Å². The van der Waals surface area contributed by atoms with Gasteiger partial charge in [0.25, 0.3) is 0 Å². The highest BCUT2D eigenvalue weighted by molar-refractivity contribution is 5.96. The number of para-hydroxylation sites is 1. The first-order chi connectivity index (χ1) is 8.02. The molecule has 0 radical (unpaired) electrons. The lowest BCUT2D eigenvalue weighted by atomic mass is 10.00. The van der Waals surface area contributed by atoms with Crippen LogP contribution in [0.15, 0.2) is 30.3 Å². The van der Waals surface area contributed by atoms with Gasteiger partial charge in [-0.1, -0.05) is 31.2 Å². The quantitative estimate of drug-likeness (QED) is 0.667. The molecule has 1 aromatic rings. The van der Waals surface area contributed by atoms with Gasteiger partial charge in [0.05, 0.1) is 5.69 Å². The van der Waals surface area contributed by atoms with Crippen molar-refractivity contribution in [3.05, 3.63) is 35.9 Å². The van der Waals surface area contributed by atoms with Crippen molar-refractivity contribution in [1.29, 1.82) is 0 Å². The molecule has 0 saturated heterocycles. The second-order valence-electron chi connectivity index (χ2n) is 4.86. The summed E-state index contributed by atoms with van der Waals surface area (Å²) in [6, 6.07) is 8.33. The zero-order chi connectivity index (χ0) is 12.6. The molecule has 0 saturated carbocycles. The predicted octanol–water partition coefficient (Wildman–Crippen LogP) is 3.48. The fourth-order valence-electron chi connectivity index (χ4n) is 2.55. The van der Waals surface area contributed by atoms with Crippen molar-refractivity contribution < 1.29 is 4.79 Å². The molecule has 2 heteroatoms. The van der Waals surface area contributed by atoms with Gasteiger partial charge in [-0.3, -0.25) is 4.79 Å². The minimum absolute atomic E-state index is 0.111. The Bertz CT molecular complexity index is 476. The number of rotatable bonds is 0. The number of benzene rings is 1. The molecule has 1 aromatic carbocycles. The van der Waals surface area contributed by atoms with E-state index in [0.717, 1.165) is 5.69 Å². The van der Waals surface area contributed by atoms with E-state index in [2.05, 4.69) is 32.9 Å². The largest absolute Gasteiger partial charge is 0.309 e.